The number of benzene rings is 1. The lowest BCUT2D eigenvalue weighted by Crippen LogP contribution is -2.38. The number of hydrogen-bond donors (Lipinski definition) is 1. The highest BCUT2D eigenvalue weighted by molar-refractivity contribution is 9.10. The van der Waals surface area contributed by atoms with E-state index in [1.807, 2.05) is 18.2 Å². The van der Waals surface area contributed by atoms with Crippen molar-refractivity contribution in [3.8, 4) is 0 Å². The highest BCUT2D eigenvalue weighted by Gasteiger charge is 2.46. The van der Waals surface area contributed by atoms with Gasteiger partial charge in [-0.15, -0.1) is 0 Å². The van der Waals surface area contributed by atoms with Crippen molar-refractivity contribution in [3.63, 3.8) is 0 Å². The third-order valence-corrected chi connectivity index (χ3v) is 6.61. The van der Waals surface area contributed by atoms with E-state index < -0.39 is 5.41 Å². The van der Waals surface area contributed by atoms with E-state index in [0.29, 0.717) is 26.1 Å². The SMILES string of the molecule is O=C1Nc2cc(Br)ccc2C1(CCOC1CCCCO1)CCOC1CCCCO1. The fourth-order valence-corrected chi connectivity index (χ4v) is 4.80. The standard InChI is InChI=1S/C22H30BrNO5/c23-16-7-8-17-18(15-16)24-21(25)22(17,9-13-28-19-5-1-3-11-26-19)10-14-29-20-6-2-4-12-27-20/h7-8,15,19-20H,1-6,9-14H2,(H,24,25). The maximum absolute atomic E-state index is 13.1. The van der Waals surface area contributed by atoms with Gasteiger partial charge < -0.3 is 24.3 Å². The molecule has 1 amide bonds. The van der Waals surface area contributed by atoms with Crippen LogP contribution in [0.15, 0.2) is 22.7 Å². The number of anilines is 1. The molecule has 0 spiro atoms. The predicted molar refractivity (Wildman–Crippen MR) is 113 cm³/mol. The van der Waals surface area contributed by atoms with Crippen LogP contribution in [-0.2, 0) is 29.2 Å². The molecule has 0 saturated carbocycles. The summed E-state index contributed by atoms with van der Waals surface area (Å²) in [6.45, 7) is 2.46. The van der Waals surface area contributed by atoms with E-state index in [0.717, 1.165) is 67.5 Å². The van der Waals surface area contributed by atoms with Crippen molar-refractivity contribution in [1.29, 1.82) is 0 Å². The Morgan fingerprint density at radius 1 is 1.00 bits per heavy atom. The van der Waals surface area contributed by atoms with Gasteiger partial charge in [-0.2, -0.15) is 0 Å². The van der Waals surface area contributed by atoms with Crippen LogP contribution in [-0.4, -0.2) is 44.9 Å². The fourth-order valence-electron chi connectivity index (χ4n) is 4.44. The lowest BCUT2D eigenvalue weighted by Gasteiger charge is -2.30. The Labute approximate surface area is 180 Å². The van der Waals surface area contributed by atoms with Crippen LogP contribution in [0, 0.1) is 0 Å². The molecular weight excluding hydrogens is 438 g/mol. The molecule has 1 aromatic rings. The maximum atomic E-state index is 13.1. The van der Waals surface area contributed by atoms with Gasteiger partial charge in [-0.3, -0.25) is 4.79 Å². The summed E-state index contributed by atoms with van der Waals surface area (Å²) in [5.41, 5.74) is 1.23. The third-order valence-electron chi connectivity index (χ3n) is 6.12. The summed E-state index contributed by atoms with van der Waals surface area (Å²) < 4.78 is 24.3. The summed E-state index contributed by atoms with van der Waals surface area (Å²) >= 11 is 3.50. The summed E-state index contributed by atoms with van der Waals surface area (Å²) in [5, 5.41) is 3.06. The zero-order valence-corrected chi connectivity index (χ0v) is 18.4. The van der Waals surface area contributed by atoms with Gasteiger partial charge in [-0.1, -0.05) is 22.0 Å². The monoisotopic (exact) mass is 467 g/mol. The Hall–Kier alpha value is -0.990. The van der Waals surface area contributed by atoms with Crippen molar-refractivity contribution in [1.82, 2.24) is 0 Å². The minimum atomic E-state index is -0.653. The van der Waals surface area contributed by atoms with E-state index in [4.69, 9.17) is 18.9 Å². The highest BCUT2D eigenvalue weighted by Crippen LogP contribution is 2.44. The first-order valence-electron chi connectivity index (χ1n) is 10.8. The number of fused-ring (bicyclic) bond motifs is 1. The Morgan fingerprint density at radius 3 is 2.17 bits per heavy atom. The molecule has 3 aliphatic rings. The molecule has 0 bridgehead atoms. The van der Waals surface area contributed by atoms with Crippen molar-refractivity contribution < 1.29 is 23.7 Å². The van der Waals surface area contributed by atoms with Crippen LogP contribution >= 0.6 is 15.9 Å². The smallest absolute Gasteiger partial charge is 0.235 e. The molecule has 0 radical (unpaired) electrons. The van der Waals surface area contributed by atoms with Crippen molar-refractivity contribution >= 4 is 27.5 Å². The molecule has 1 aromatic carbocycles. The summed E-state index contributed by atoms with van der Waals surface area (Å²) in [5.74, 6) is 0.0203. The fraction of sp³-hybridized carbons (Fsp3) is 0.682. The van der Waals surface area contributed by atoms with Gasteiger partial charge in [0, 0.05) is 23.4 Å². The highest BCUT2D eigenvalue weighted by atomic mass is 79.9. The predicted octanol–water partition coefficient (Wildman–Crippen LogP) is 4.51. The Balaban J connectivity index is 1.44. The Bertz CT molecular complexity index is 676. The minimum Gasteiger partial charge on any atom is -0.353 e. The molecular formula is C22H30BrNO5. The molecule has 1 N–H and O–H groups in total. The van der Waals surface area contributed by atoms with E-state index in [1.54, 1.807) is 0 Å². The van der Waals surface area contributed by atoms with E-state index in [1.165, 1.54) is 0 Å². The second kappa shape index (κ2) is 9.88. The van der Waals surface area contributed by atoms with Crippen LogP contribution in [0.2, 0.25) is 0 Å². The van der Waals surface area contributed by atoms with Crippen LogP contribution < -0.4 is 5.32 Å². The number of rotatable bonds is 8. The van der Waals surface area contributed by atoms with Crippen LogP contribution in [0.3, 0.4) is 0 Å². The van der Waals surface area contributed by atoms with E-state index in [9.17, 15) is 4.79 Å². The molecule has 6 nitrogen and oxygen atoms in total. The van der Waals surface area contributed by atoms with Crippen LogP contribution in [0.1, 0.15) is 56.9 Å². The minimum absolute atomic E-state index is 0.0203. The molecule has 4 rings (SSSR count). The first-order chi connectivity index (χ1) is 14.2. The summed E-state index contributed by atoms with van der Waals surface area (Å²) in [7, 11) is 0. The second-order valence-electron chi connectivity index (χ2n) is 8.06. The summed E-state index contributed by atoms with van der Waals surface area (Å²) in [4.78, 5) is 13.1. The number of amides is 1. The van der Waals surface area contributed by atoms with Crippen LogP contribution in [0.25, 0.3) is 0 Å². The second-order valence-corrected chi connectivity index (χ2v) is 8.98. The van der Waals surface area contributed by atoms with Gasteiger partial charge in [-0.25, -0.2) is 0 Å². The van der Waals surface area contributed by atoms with E-state index in [-0.39, 0.29) is 18.5 Å². The van der Waals surface area contributed by atoms with Crippen molar-refractivity contribution in [2.75, 3.05) is 31.7 Å². The zero-order chi connectivity index (χ0) is 20.1. The van der Waals surface area contributed by atoms with Crippen LogP contribution in [0.4, 0.5) is 5.69 Å². The third kappa shape index (κ3) is 5.02. The first kappa shape index (κ1) is 21.2. The average molecular weight is 468 g/mol. The normalized spacial score (nSPS) is 29.5. The zero-order valence-electron chi connectivity index (χ0n) is 16.8. The van der Waals surface area contributed by atoms with Crippen molar-refractivity contribution in [2.24, 2.45) is 0 Å². The Morgan fingerprint density at radius 2 is 1.62 bits per heavy atom. The molecule has 2 fully saturated rings. The van der Waals surface area contributed by atoms with E-state index in [2.05, 4.69) is 21.2 Å². The molecule has 160 valence electrons. The van der Waals surface area contributed by atoms with Gasteiger partial charge in [0.2, 0.25) is 5.91 Å². The maximum Gasteiger partial charge on any atom is 0.235 e. The molecule has 3 heterocycles. The number of hydrogen-bond acceptors (Lipinski definition) is 5. The van der Waals surface area contributed by atoms with Gasteiger partial charge in [0.1, 0.15) is 0 Å². The first-order valence-corrected chi connectivity index (χ1v) is 11.5. The number of halogens is 1. The molecule has 2 saturated heterocycles. The molecule has 7 heteroatoms. The van der Waals surface area contributed by atoms with Crippen molar-refractivity contribution in [3.05, 3.63) is 28.2 Å². The lowest BCUT2D eigenvalue weighted by molar-refractivity contribution is -0.170. The molecule has 0 aromatic heterocycles. The van der Waals surface area contributed by atoms with Crippen molar-refractivity contribution in [2.45, 2.75) is 69.4 Å². The van der Waals surface area contributed by atoms with E-state index >= 15 is 0 Å². The topological polar surface area (TPSA) is 66.0 Å². The lowest BCUT2D eigenvalue weighted by atomic mass is 9.76. The number of carbonyl (C=O) groups excluding carboxylic acids is 1. The van der Waals surface area contributed by atoms with Gasteiger partial charge in [-0.05, 0) is 69.1 Å². The summed E-state index contributed by atoms with van der Waals surface area (Å²) in [6, 6.07) is 5.99. The number of nitrogens with one attached hydrogen (secondary N) is 1. The van der Waals surface area contributed by atoms with Gasteiger partial charge in [0.15, 0.2) is 12.6 Å². The van der Waals surface area contributed by atoms with Gasteiger partial charge >= 0.3 is 0 Å². The molecule has 0 aliphatic carbocycles. The number of ether oxygens (including phenoxy) is 4. The summed E-state index contributed by atoms with van der Waals surface area (Å²) in [6.07, 6.45) is 7.18. The molecule has 2 atom stereocenters. The van der Waals surface area contributed by atoms with Gasteiger partial charge in [0.05, 0.1) is 18.6 Å². The quantitative estimate of drug-likeness (QED) is 0.609. The largest absolute Gasteiger partial charge is 0.353 e. The molecule has 2 unspecified atom stereocenters. The molecule has 29 heavy (non-hydrogen) atoms. The Kier molecular flexibility index (Phi) is 7.24. The molecule has 3 aliphatic heterocycles. The number of carbonyl (C=O) groups is 1. The average Bonchev–Trinajstić information content (AvgIpc) is 3.00. The van der Waals surface area contributed by atoms with Gasteiger partial charge in [0.25, 0.3) is 0 Å². The van der Waals surface area contributed by atoms with Crippen LogP contribution in [0.5, 0.6) is 0 Å².